The van der Waals surface area contributed by atoms with Crippen molar-refractivity contribution in [3.05, 3.63) is 0 Å². The van der Waals surface area contributed by atoms with Gasteiger partial charge in [-0.3, -0.25) is 14.9 Å². The van der Waals surface area contributed by atoms with Gasteiger partial charge in [0, 0.05) is 13.1 Å². The summed E-state index contributed by atoms with van der Waals surface area (Å²) in [6.45, 7) is 7.79. The third-order valence-electron chi connectivity index (χ3n) is 4.01. The van der Waals surface area contributed by atoms with Crippen LogP contribution in [0.4, 0.5) is 0 Å². The summed E-state index contributed by atoms with van der Waals surface area (Å²) >= 11 is 0. The van der Waals surface area contributed by atoms with Gasteiger partial charge in [0.15, 0.2) is 5.92 Å². The Morgan fingerprint density at radius 3 is 2.62 bits per heavy atom. The second-order valence-electron chi connectivity index (χ2n) is 5.95. The van der Waals surface area contributed by atoms with Gasteiger partial charge in [-0.1, -0.05) is 13.8 Å². The third kappa shape index (κ3) is 3.54. The van der Waals surface area contributed by atoms with E-state index >= 15 is 0 Å². The number of rotatable bonds is 3. The molecule has 0 aromatic heterocycles. The molecule has 0 saturated carbocycles. The SMILES string of the molecule is CCOC(=O)[C@H]1C(=O)NC(N2CCCCC2)=N[C@H]1C(C)C. The van der Waals surface area contributed by atoms with Crippen LogP contribution in [0.5, 0.6) is 0 Å². The topological polar surface area (TPSA) is 71.0 Å². The van der Waals surface area contributed by atoms with Gasteiger partial charge >= 0.3 is 5.97 Å². The van der Waals surface area contributed by atoms with Gasteiger partial charge in [0.1, 0.15) is 0 Å². The van der Waals surface area contributed by atoms with Crippen molar-refractivity contribution in [1.29, 1.82) is 0 Å². The second-order valence-corrected chi connectivity index (χ2v) is 5.95. The minimum absolute atomic E-state index is 0.102. The third-order valence-corrected chi connectivity index (χ3v) is 4.01. The molecule has 0 unspecified atom stereocenters. The van der Waals surface area contributed by atoms with Crippen LogP contribution in [-0.2, 0) is 14.3 Å². The van der Waals surface area contributed by atoms with Gasteiger partial charge in [0.05, 0.1) is 12.6 Å². The lowest BCUT2D eigenvalue weighted by atomic mass is 9.89. The fraction of sp³-hybridized carbons (Fsp3) is 0.800. The molecule has 21 heavy (non-hydrogen) atoms. The number of amides is 1. The van der Waals surface area contributed by atoms with Crippen molar-refractivity contribution in [3.8, 4) is 0 Å². The fourth-order valence-electron chi connectivity index (χ4n) is 2.87. The average molecular weight is 295 g/mol. The smallest absolute Gasteiger partial charge is 0.320 e. The Morgan fingerprint density at radius 1 is 1.38 bits per heavy atom. The summed E-state index contributed by atoms with van der Waals surface area (Å²) in [6.07, 6.45) is 3.45. The van der Waals surface area contributed by atoms with Crippen LogP contribution in [0.25, 0.3) is 0 Å². The molecule has 6 heteroatoms. The van der Waals surface area contributed by atoms with Crippen LogP contribution in [0.3, 0.4) is 0 Å². The molecule has 0 bridgehead atoms. The average Bonchev–Trinajstić information content (AvgIpc) is 2.47. The quantitative estimate of drug-likeness (QED) is 0.626. The molecule has 0 spiro atoms. The number of carbonyl (C=O) groups is 2. The Hall–Kier alpha value is -1.59. The summed E-state index contributed by atoms with van der Waals surface area (Å²) in [4.78, 5) is 31.2. The molecule has 1 fully saturated rings. The van der Waals surface area contributed by atoms with Gasteiger partial charge in [-0.15, -0.1) is 0 Å². The number of piperidine rings is 1. The molecule has 1 amide bonds. The highest BCUT2D eigenvalue weighted by molar-refractivity contribution is 6.08. The number of aliphatic imine (C=N–C) groups is 1. The summed E-state index contributed by atoms with van der Waals surface area (Å²) in [5.74, 6) is -0.874. The standard InChI is InChI=1S/C15H25N3O3/c1-4-21-14(20)11-12(10(2)3)16-15(17-13(11)19)18-8-6-5-7-9-18/h10-12H,4-9H2,1-3H3,(H,16,17,19)/t11-,12+/m1/s1. The number of nitrogens with one attached hydrogen (secondary N) is 1. The number of nitrogens with zero attached hydrogens (tertiary/aromatic N) is 2. The Bertz CT molecular complexity index is 428. The number of carbonyl (C=O) groups excluding carboxylic acids is 2. The van der Waals surface area contributed by atoms with Crippen molar-refractivity contribution in [3.63, 3.8) is 0 Å². The van der Waals surface area contributed by atoms with E-state index in [0.29, 0.717) is 5.96 Å². The number of hydrogen-bond acceptors (Lipinski definition) is 5. The highest BCUT2D eigenvalue weighted by atomic mass is 16.5. The summed E-state index contributed by atoms with van der Waals surface area (Å²) < 4.78 is 5.03. The number of hydrogen-bond donors (Lipinski definition) is 1. The predicted molar refractivity (Wildman–Crippen MR) is 79.8 cm³/mol. The Morgan fingerprint density at radius 2 is 2.05 bits per heavy atom. The van der Waals surface area contributed by atoms with Crippen LogP contribution < -0.4 is 5.32 Å². The summed E-state index contributed by atoms with van der Waals surface area (Å²) in [7, 11) is 0. The van der Waals surface area contributed by atoms with Gasteiger partial charge in [-0.2, -0.15) is 0 Å². The summed E-state index contributed by atoms with van der Waals surface area (Å²) in [5, 5.41) is 2.80. The van der Waals surface area contributed by atoms with E-state index in [9.17, 15) is 9.59 Å². The van der Waals surface area contributed by atoms with Gasteiger partial charge in [-0.05, 0) is 32.1 Å². The first kappa shape index (κ1) is 15.8. The van der Waals surface area contributed by atoms with Crippen LogP contribution in [0, 0.1) is 11.8 Å². The van der Waals surface area contributed by atoms with E-state index in [-0.39, 0.29) is 24.5 Å². The molecule has 0 radical (unpaired) electrons. The van der Waals surface area contributed by atoms with Crippen molar-refractivity contribution in [2.75, 3.05) is 19.7 Å². The maximum absolute atomic E-state index is 12.4. The second kappa shape index (κ2) is 6.91. The van der Waals surface area contributed by atoms with Crippen molar-refractivity contribution in [2.24, 2.45) is 16.8 Å². The molecule has 2 aliphatic heterocycles. The summed E-state index contributed by atoms with van der Waals surface area (Å²) in [5.41, 5.74) is 0. The van der Waals surface area contributed by atoms with Gasteiger partial charge in [0.2, 0.25) is 11.9 Å². The van der Waals surface area contributed by atoms with Crippen LogP contribution in [0.2, 0.25) is 0 Å². The molecule has 0 aromatic rings. The zero-order valence-electron chi connectivity index (χ0n) is 13.1. The normalized spacial score (nSPS) is 26.4. The largest absolute Gasteiger partial charge is 0.465 e. The van der Waals surface area contributed by atoms with Gasteiger partial charge in [-0.25, -0.2) is 4.99 Å². The first-order chi connectivity index (χ1) is 10.0. The highest BCUT2D eigenvalue weighted by Crippen LogP contribution is 2.23. The van der Waals surface area contributed by atoms with E-state index < -0.39 is 11.9 Å². The zero-order chi connectivity index (χ0) is 15.4. The molecule has 118 valence electrons. The van der Waals surface area contributed by atoms with Crippen molar-refractivity contribution >= 4 is 17.8 Å². The van der Waals surface area contributed by atoms with E-state index in [2.05, 4.69) is 15.2 Å². The molecular formula is C15H25N3O3. The molecule has 2 atom stereocenters. The Labute approximate surface area is 125 Å². The van der Waals surface area contributed by atoms with Gasteiger partial charge < -0.3 is 9.64 Å². The number of likely N-dealkylation sites (tertiary alicyclic amines) is 1. The van der Waals surface area contributed by atoms with Crippen molar-refractivity contribution in [1.82, 2.24) is 10.2 Å². The van der Waals surface area contributed by atoms with Crippen LogP contribution in [0.1, 0.15) is 40.0 Å². The monoisotopic (exact) mass is 295 g/mol. The lowest BCUT2D eigenvalue weighted by Gasteiger charge is -2.36. The number of esters is 1. The Kier molecular flexibility index (Phi) is 5.20. The molecule has 0 aromatic carbocycles. The van der Waals surface area contributed by atoms with Crippen molar-refractivity contribution < 1.29 is 14.3 Å². The van der Waals surface area contributed by atoms with Crippen LogP contribution in [0.15, 0.2) is 4.99 Å². The van der Waals surface area contributed by atoms with Crippen LogP contribution >= 0.6 is 0 Å². The lowest BCUT2D eigenvalue weighted by molar-refractivity contribution is -0.153. The fourth-order valence-corrected chi connectivity index (χ4v) is 2.87. The zero-order valence-corrected chi connectivity index (χ0v) is 13.1. The minimum atomic E-state index is -0.835. The van der Waals surface area contributed by atoms with E-state index in [4.69, 9.17) is 4.74 Å². The van der Waals surface area contributed by atoms with Gasteiger partial charge in [0.25, 0.3) is 0 Å². The number of ether oxygens (including phenoxy) is 1. The molecular weight excluding hydrogens is 270 g/mol. The predicted octanol–water partition coefficient (Wildman–Crippen LogP) is 1.16. The molecule has 2 rings (SSSR count). The highest BCUT2D eigenvalue weighted by Gasteiger charge is 2.42. The van der Waals surface area contributed by atoms with E-state index in [1.807, 2.05) is 13.8 Å². The van der Waals surface area contributed by atoms with Crippen LogP contribution in [-0.4, -0.2) is 48.5 Å². The molecule has 2 aliphatic rings. The lowest BCUT2D eigenvalue weighted by Crippen LogP contribution is -2.56. The molecule has 6 nitrogen and oxygen atoms in total. The first-order valence-corrected chi connectivity index (χ1v) is 7.84. The molecule has 1 N–H and O–H groups in total. The van der Waals surface area contributed by atoms with E-state index in [1.54, 1.807) is 6.92 Å². The molecule has 1 saturated heterocycles. The van der Waals surface area contributed by atoms with E-state index in [1.165, 1.54) is 6.42 Å². The van der Waals surface area contributed by atoms with E-state index in [0.717, 1.165) is 25.9 Å². The summed E-state index contributed by atoms with van der Waals surface area (Å²) in [6, 6.07) is -0.352. The van der Waals surface area contributed by atoms with Crippen molar-refractivity contribution in [2.45, 2.75) is 46.1 Å². The number of guanidine groups is 1. The maximum Gasteiger partial charge on any atom is 0.320 e. The molecule has 0 aliphatic carbocycles. The minimum Gasteiger partial charge on any atom is -0.465 e. The first-order valence-electron chi connectivity index (χ1n) is 7.84. The Balaban J connectivity index is 2.21. The maximum atomic E-state index is 12.4. The molecule has 2 heterocycles.